The number of carbonyl (C=O) groups excluding carboxylic acids is 1. The number of nitrogens with zero attached hydrogens (tertiary/aromatic N) is 1. The predicted octanol–water partition coefficient (Wildman–Crippen LogP) is 3.29. The van der Waals surface area contributed by atoms with Gasteiger partial charge in [-0.1, -0.05) is 30.3 Å². The molecule has 21 heavy (non-hydrogen) atoms. The van der Waals surface area contributed by atoms with Gasteiger partial charge in [-0.2, -0.15) is 0 Å². The molecular formula is C15H13NO5. The second kappa shape index (κ2) is 6.51. The number of hydrogen-bond acceptors (Lipinski definition) is 5. The molecule has 0 radical (unpaired) electrons. The van der Waals surface area contributed by atoms with Crippen LogP contribution >= 0.6 is 0 Å². The zero-order valence-corrected chi connectivity index (χ0v) is 11.3. The van der Waals surface area contributed by atoms with Crippen LogP contribution in [0.3, 0.4) is 0 Å². The molecule has 0 atom stereocenters. The minimum absolute atomic E-state index is 0.216. The van der Waals surface area contributed by atoms with E-state index >= 15 is 0 Å². The van der Waals surface area contributed by atoms with Crippen molar-refractivity contribution in [2.45, 2.75) is 6.92 Å². The van der Waals surface area contributed by atoms with Gasteiger partial charge in [-0.05, 0) is 24.6 Å². The van der Waals surface area contributed by atoms with Gasteiger partial charge in [0.15, 0.2) is 0 Å². The Balaban J connectivity index is 2.40. The predicted molar refractivity (Wildman–Crippen MR) is 76.3 cm³/mol. The first-order chi connectivity index (χ1) is 10.1. The molecule has 0 aliphatic heterocycles. The maximum Gasteiger partial charge on any atom is 0.433 e. The lowest BCUT2D eigenvalue weighted by molar-refractivity contribution is -0.402. The molecule has 0 bridgehead atoms. The molecule has 2 rings (SSSR count). The van der Waals surface area contributed by atoms with E-state index in [4.69, 9.17) is 9.15 Å². The summed E-state index contributed by atoms with van der Waals surface area (Å²) < 4.78 is 10.0. The van der Waals surface area contributed by atoms with Crippen molar-refractivity contribution < 1.29 is 18.9 Å². The summed E-state index contributed by atoms with van der Waals surface area (Å²) in [6, 6.07) is 11.6. The molecule has 6 nitrogen and oxygen atoms in total. The second-order valence-electron chi connectivity index (χ2n) is 4.08. The van der Waals surface area contributed by atoms with E-state index in [9.17, 15) is 14.9 Å². The largest absolute Gasteiger partial charge is 0.462 e. The highest BCUT2D eigenvalue weighted by Crippen LogP contribution is 2.23. The zero-order chi connectivity index (χ0) is 15.2. The summed E-state index contributed by atoms with van der Waals surface area (Å²) in [5, 5.41) is 10.6. The fraction of sp³-hybridized carbons (Fsp3) is 0.133. The molecule has 108 valence electrons. The number of nitro groups is 1. The van der Waals surface area contributed by atoms with Crippen molar-refractivity contribution in [2.24, 2.45) is 0 Å². The quantitative estimate of drug-likeness (QED) is 0.364. The molecule has 2 aromatic rings. The van der Waals surface area contributed by atoms with Crippen LogP contribution in [0.15, 0.2) is 46.9 Å². The van der Waals surface area contributed by atoms with Crippen molar-refractivity contribution in [2.75, 3.05) is 6.61 Å². The van der Waals surface area contributed by atoms with Crippen molar-refractivity contribution in [3.63, 3.8) is 0 Å². The van der Waals surface area contributed by atoms with E-state index in [1.165, 1.54) is 18.2 Å². The van der Waals surface area contributed by atoms with Crippen LogP contribution < -0.4 is 0 Å². The van der Waals surface area contributed by atoms with Gasteiger partial charge in [0.2, 0.25) is 0 Å². The Morgan fingerprint density at radius 1 is 1.29 bits per heavy atom. The molecule has 0 aliphatic rings. The lowest BCUT2D eigenvalue weighted by Crippen LogP contribution is -2.06. The van der Waals surface area contributed by atoms with Gasteiger partial charge < -0.3 is 9.15 Å². The van der Waals surface area contributed by atoms with E-state index in [2.05, 4.69) is 0 Å². The van der Waals surface area contributed by atoms with Gasteiger partial charge in [0.1, 0.15) is 10.7 Å². The normalized spacial score (nSPS) is 11.2. The topological polar surface area (TPSA) is 82.6 Å². The first kappa shape index (κ1) is 14.5. The maximum absolute atomic E-state index is 12.0. The number of ether oxygens (including phenoxy) is 1. The van der Waals surface area contributed by atoms with E-state index in [0.29, 0.717) is 5.56 Å². The Labute approximate surface area is 120 Å². The average Bonchev–Trinajstić information content (AvgIpc) is 2.95. The summed E-state index contributed by atoms with van der Waals surface area (Å²) in [4.78, 5) is 22.0. The molecule has 6 heteroatoms. The standard InChI is InChI=1S/C15H13NO5/c1-2-20-15(17)13(11-6-4-3-5-7-11)10-12-8-9-14(21-12)16(18)19/h3-10H,2H2,1H3. The van der Waals surface area contributed by atoms with Gasteiger partial charge in [-0.15, -0.1) is 0 Å². The van der Waals surface area contributed by atoms with Gasteiger partial charge in [-0.3, -0.25) is 10.1 Å². The fourth-order valence-electron chi connectivity index (χ4n) is 1.75. The number of esters is 1. The monoisotopic (exact) mass is 287 g/mol. The van der Waals surface area contributed by atoms with Crippen LogP contribution in [-0.2, 0) is 9.53 Å². The molecule has 0 unspecified atom stereocenters. The Morgan fingerprint density at radius 2 is 2.00 bits per heavy atom. The minimum Gasteiger partial charge on any atom is -0.462 e. The fourth-order valence-corrected chi connectivity index (χ4v) is 1.75. The van der Waals surface area contributed by atoms with Gasteiger partial charge in [-0.25, -0.2) is 4.79 Å². The molecule has 0 amide bonds. The molecular weight excluding hydrogens is 274 g/mol. The van der Waals surface area contributed by atoms with Gasteiger partial charge >= 0.3 is 11.9 Å². The highest BCUT2D eigenvalue weighted by atomic mass is 16.6. The first-order valence-corrected chi connectivity index (χ1v) is 6.30. The van der Waals surface area contributed by atoms with Crippen LogP contribution in [0.5, 0.6) is 0 Å². The number of rotatable bonds is 5. The van der Waals surface area contributed by atoms with Crippen molar-refractivity contribution >= 4 is 23.5 Å². The molecule has 0 fully saturated rings. The van der Waals surface area contributed by atoms with E-state index in [0.717, 1.165) is 0 Å². The minimum atomic E-state index is -0.635. The Hall–Kier alpha value is -2.89. The summed E-state index contributed by atoms with van der Waals surface area (Å²) in [5.74, 6) is -0.672. The summed E-state index contributed by atoms with van der Waals surface area (Å²) in [7, 11) is 0. The van der Waals surface area contributed by atoms with E-state index in [1.54, 1.807) is 31.2 Å². The van der Waals surface area contributed by atoms with E-state index in [1.807, 2.05) is 6.07 Å². The summed E-state index contributed by atoms with van der Waals surface area (Å²) in [6.07, 6.45) is 1.43. The van der Waals surface area contributed by atoms with E-state index in [-0.39, 0.29) is 23.8 Å². The van der Waals surface area contributed by atoms with E-state index < -0.39 is 10.9 Å². The smallest absolute Gasteiger partial charge is 0.433 e. The molecule has 0 saturated heterocycles. The molecule has 0 spiro atoms. The lowest BCUT2D eigenvalue weighted by Gasteiger charge is -2.06. The van der Waals surface area contributed by atoms with Crippen LogP contribution in [0.25, 0.3) is 11.6 Å². The third-order valence-corrected chi connectivity index (χ3v) is 2.66. The Bertz CT molecular complexity index is 672. The molecule has 0 N–H and O–H groups in total. The second-order valence-corrected chi connectivity index (χ2v) is 4.08. The maximum atomic E-state index is 12.0. The first-order valence-electron chi connectivity index (χ1n) is 6.30. The highest BCUT2D eigenvalue weighted by Gasteiger charge is 2.16. The molecule has 0 aliphatic carbocycles. The zero-order valence-electron chi connectivity index (χ0n) is 11.3. The van der Waals surface area contributed by atoms with Gasteiger partial charge in [0.05, 0.1) is 18.2 Å². The molecule has 1 heterocycles. The molecule has 1 aromatic heterocycles. The van der Waals surface area contributed by atoms with Crippen LogP contribution in [0.2, 0.25) is 0 Å². The van der Waals surface area contributed by atoms with Crippen molar-refractivity contribution in [3.05, 3.63) is 63.9 Å². The van der Waals surface area contributed by atoms with Crippen LogP contribution in [0, 0.1) is 10.1 Å². The third-order valence-electron chi connectivity index (χ3n) is 2.66. The molecule has 0 saturated carbocycles. The summed E-state index contributed by atoms with van der Waals surface area (Å²) in [5.41, 5.74) is 0.928. The number of benzene rings is 1. The van der Waals surface area contributed by atoms with Crippen molar-refractivity contribution in [1.29, 1.82) is 0 Å². The number of hydrogen-bond donors (Lipinski definition) is 0. The Morgan fingerprint density at radius 3 is 2.57 bits per heavy atom. The average molecular weight is 287 g/mol. The Kier molecular flexibility index (Phi) is 4.50. The van der Waals surface area contributed by atoms with Crippen LogP contribution in [0.4, 0.5) is 5.88 Å². The highest BCUT2D eigenvalue weighted by molar-refractivity contribution is 6.21. The van der Waals surface area contributed by atoms with Crippen LogP contribution in [0.1, 0.15) is 18.2 Å². The molecule has 1 aromatic carbocycles. The van der Waals surface area contributed by atoms with Gasteiger partial charge in [0.25, 0.3) is 0 Å². The third kappa shape index (κ3) is 3.56. The lowest BCUT2D eigenvalue weighted by atomic mass is 10.1. The van der Waals surface area contributed by atoms with Gasteiger partial charge in [0, 0.05) is 0 Å². The van der Waals surface area contributed by atoms with Crippen molar-refractivity contribution in [1.82, 2.24) is 0 Å². The van der Waals surface area contributed by atoms with Crippen LogP contribution in [-0.4, -0.2) is 17.5 Å². The van der Waals surface area contributed by atoms with Crippen molar-refractivity contribution in [3.8, 4) is 0 Å². The number of furan rings is 1. The summed E-state index contributed by atoms with van der Waals surface area (Å²) >= 11 is 0. The number of carbonyl (C=O) groups is 1. The summed E-state index contributed by atoms with van der Waals surface area (Å²) in [6.45, 7) is 1.94. The SMILES string of the molecule is CCOC(=O)C(=Cc1ccc([N+](=O)[O-])o1)c1ccccc1.